The molecule has 0 aliphatic heterocycles. The predicted octanol–water partition coefficient (Wildman–Crippen LogP) is 3.79. The fourth-order valence-electron chi connectivity index (χ4n) is 1.47. The second kappa shape index (κ2) is 9.22. The Balaban J connectivity index is 2.37. The molecule has 0 aliphatic rings. The minimum Gasteiger partial charge on any atom is -0.493 e. The van der Waals surface area contributed by atoms with Crippen LogP contribution in [-0.4, -0.2) is 26.9 Å². The van der Waals surface area contributed by atoms with Crippen molar-refractivity contribution in [2.45, 2.75) is 25.1 Å². The van der Waals surface area contributed by atoms with Crippen molar-refractivity contribution in [3.63, 3.8) is 0 Å². The Labute approximate surface area is 118 Å². The third-order valence-electron chi connectivity index (χ3n) is 2.51. The van der Waals surface area contributed by atoms with Gasteiger partial charge in [-0.05, 0) is 24.1 Å². The molecule has 0 heterocycles. The number of methoxy groups -OCH3 is 1. The zero-order valence-corrected chi connectivity index (χ0v) is 12.7. The van der Waals surface area contributed by atoms with Gasteiger partial charge in [-0.2, -0.15) is 0 Å². The third-order valence-corrected chi connectivity index (χ3v) is 3.16. The van der Waals surface area contributed by atoms with E-state index in [9.17, 15) is 0 Å². The van der Waals surface area contributed by atoms with Gasteiger partial charge in [-0.25, -0.2) is 0 Å². The standard InChI is InChI=1S/C14H21BrO3/c1-3-4-7-17-8-9-18-13-6-5-12(11-15)10-14(13)16-2/h5-6,10H,3-4,7-9,11H2,1-2H3. The summed E-state index contributed by atoms with van der Waals surface area (Å²) in [5.74, 6) is 1.53. The van der Waals surface area contributed by atoms with E-state index in [0.717, 1.165) is 36.3 Å². The van der Waals surface area contributed by atoms with E-state index in [2.05, 4.69) is 22.9 Å². The lowest BCUT2D eigenvalue weighted by atomic mass is 10.2. The van der Waals surface area contributed by atoms with Crippen molar-refractivity contribution >= 4 is 15.9 Å². The molecule has 3 nitrogen and oxygen atoms in total. The van der Waals surface area contributed by atoms with Gasteiger partial charge in [-0.15, -0.1) is 0 Å². The predicted molar refractivity (Wildman–Crippen MR) is 76.8 cm³/mol. The summed E-state index contributed by atoms with van der Waals surface area (Å²) in [7, 11) is 1.65. The fraction of sp³-hybridized carbons (Fsp3) is 0.571. The number of alkyl halides is 1. The first-order valence-electron chi connectivity index (χ1n) is 6.25. The highest BCUT2D eigenvalue weighted by Crippen LogP contribution is 2.28. The van der Waals surface area contributed by atoms with Crippen LogP contribution in [-0.2, 0) is 10.1 Å². The van der Waals surface area contributed by atoms with Gasteiger partial charge < -0.3 is 14.2 Å². The summed E-state index contributed by atoms with van der Waals surface area (Å²) >= 11 is 3.42. The van der Waals surface area contributed by atoms with Gasteiger partial charge in [0.2, 0.25) is 0 Å². The molecule has 0 N–H and O–H groups in total. The average molecular weight is 317 g/mol. The SMILES string of the molecule is CCCCOCCOc1ccc(CBr)cc1OC. The Kier molecular flexibility index (Phi) is 7.85. The van der Waals surface area contributed by atoms with Crippen LogP contribution < -0.4 is 9.47 Å². The van der Waals surface area contributed by atoms with Gasteiger partial charge in [0.25, 0.3) is 0 Å². The maximum absolute atomic E-state index is 5.64. The van der Waals surface area contributed by atoms with Crippen LogP contribution in [0.4, 0.5) is 0 Å². The van der Waals surface area contributed by atoms with E-state index in [0.29, 0.717) is 13.2 Å². The van der Waals surface area contributed by atoms with Gasteiger partial charge in [0.1, 0.15) is 6.61 Å². The van der Waals surface area contributed by atoms with Crippen molar-refractivity contribution in [2.75, 3.05) is 26.9 Å². The Bertz CT molecular complexity index is 342. The first kappa shape index (κ1) is 15.3. The van der Waals surface area contributed by atoms with Crippen LogP contribution in [0.3, 0.4) is 0 Å². The molecule has 0 saturated carbocycles. The highest BCUT2D eigenvalue weighted by Gasteiger charge is 2.05. The maximum atomic E-state index is 5.64. The smallest absolute Gasteiger partial charge is 0.161 e. The molecule has 0 atom stereocenters. The van der Waals surface area contributed by atoms with Gasteiger partial charge in [0, 0.05) is 11.9 Å². The number of unbranched alkanes of at least 4 members (excludes halogenated alkanes) is 1. The molecular formula is C14H21BrO3. The molecule has 0 aromatic heterocycles. The minimum absolute atomic E-state index is 0.549. The summed E-state index contributed by atoms with van der Waals surface area (Å²) in [5.41, 5.74) is 1.17. The van der Waals surface area contributed by atoms with Gasteiger partial charge in [-0.1, -0.05) is 35.3 Å². The lowest BCUT2D eigenvalue weighted by molar-refractivity contribution is 0.0970. The Morgan fingerprint density at radius 3 is 2.61 bits per heavy atom. The van der Waals surface area contributed by atoms with Crippen molar-refractivity contribution < 1.29 is 14.2 Å². The van der Waals surface area contributed by atoms with Gasteiger partial charge in [0.05, 0.1) is 13.7 Å². The molecule has 0 fully saturated rings. The van der Waals surface area contributed by atoms with Crippen molar-refractivity contribution in [2.24, 2.45) is 0 Å². The molecular weight excluding hydrogens is 296 g/mol. The first-order chi connectivity index (χ1) is 8.81. The summed E-state index contributed by atoms with van der Waals surface area (Å²) in [4.78, 5) is 0. The van der Waals surface area contributed by atoms with Crippen LogP contribution in [0, 0.1) is 0 Å². The number of hydrogen-bond donors (Lipinski definition) is 0. The normalized spacial score (nSPS) is 10.4. The van der Waals surface area contributed by atoms with Crippen molar-refractivity contribution in [3.05, 3.63) is 23.8 Å². The quantitative estimate of drug-likeness (QED) is 0.512. The average Bonchev–Trinajstić information content (AvgIpc) is 2.42. The molecule has 0 bridgehead atoms. The van der Waals surface area contributed by atoms with E-state index >= 15 is 0 Å². The third kappa shape index (κ3) is 5.27. The lowest BCUT2D eigenvalue weighted by Crippen LogP contribution is -2.08. The number of rotatable bonds is 9. The Morgan fingerprint density at radius 2 is 1.94 bits per heavy atom. The van der Waals surface area contributed by atoms with Crippen LogP contribution >= 0.6 is 15.9 Å². The minimum atomic E-state index is 0.549. The van der Waals surface area contributed by atoms with Crippen molar-refractivity contribution in [1.82, 2.24) is 0 Å². The van der Waals surface area contributed by atoms with E-state index < -0.39 is 0 Å². The maximum Gasteiger partial charge on any atom is 0.161 e. The van der Waals surface area contributed by atoms with Gasteiger partial charge in [0.15, 0.2) is 11.5 Å². The highest BCUT2D eigenvalue weighted by molar-refractivity contribution is 9.08. The molecule has 1 aromatic carbocycles. The largest absolute Gasteiger partial charge is 0.493 e. The first-order valence-corrected chi connectivity index (χ1v) is 7.37. The van der Waals surface area contributed by atoms with Crippen LogP contribution in [0.25, 0.3) is 0 Å². The molecule has 0 radical (unpaired) electrons. The van der Waals surface area contributed by atoms with Crippen LogP contribution in [0.1, 0.15) is 25.3 Å². The van der Waals surface area contributed by atoms with E-state index in [1.807, 2.05) is 18.2 Å². The van der Waals surface area contributed by atoms with Crippen molar-refractivity contribution in [1.29, 1.82) is 0 Å². The number of benzene rings is 1. The Morgan fingerprint density at radius 1 is 1.11 bits per heavy atom. The molecule has 0 spiro atoms. The van der Waals surface area contributed by atoms with E-state index in [1.165, 1.54) is 5.56 Å². The Hall–Kier alpha value is -0.740. The summed E-state index contributed by atoms with van der Waals surface area (Å²) in [6.07, 6.45) is 2.26. The van der Waals surface area contributed by atoms with E-state index in [4.69, 9.17) is 14.2 Å². The highest BCUT2D eigenvalue weighted by atomic mass is 79.9. The molecule has 102 valence electrons. The van der Waals surface area contributed by atoms with Crippen LogP contribution in [0.15, 0.2) is 18.2 Å². The molecule has 0 amide bonds. The number of ether oxygens (including phenoxy) is 3. The number of halogens is 1. The fourth-order valence-corrected chi connectivity index (χ4v) is 1.82. The molecule has 18 heavy (non-hydrogen) atoms. The summed E-state index contributed by atoms with van der Waals surface area (Å²) in [5, 5.41) is 0.809. The lowest BCUT2D eigenvalue weighted by Gasteiger charge is -2.11. The topological polar surface area (TPSA) is 27.7 Å². The zero-order valence-electron chi connectivity index (χ0n) is 11.1. The molecule has 0 unspecified atom stereocenters. The molecule has 1 aromatic rings. The van der Waals surface area contributed by atoms with Crippen LogP contribution in [0.2, 0.25) is 0 Å². The summed E-state index contributed by atoms with van der Waals surface area (Å²) in [6.45, 7) is 4.12. The summed E-state index contributed by atoms with van der Waals surface area (Å²) in [6, 6.07) is 5.92. The zero-order chi connectivity index (χ0) is 13.2. The molecule has 0 aliphatic carbocycles. The molecule has 4 heteroatoms. The van der Waals surface area contributed by atoms with E-state index in [-0.39, 0.29) is 0 Å². The van der Waals surface area contributed by atoms with Gasteiger partial charge in [-0.3, -0.25) is 0 Å². The van der Waals surface area contributed by atoms with Gasteiger partial charge >= 0.3 is 0 Å². The molecule has 1 rings (SSSR count). The van der Waals surface area contributed by atoms with Crippen molar-refractivity contribution in [3.8, 4) is 11.5 Å². The second-order valence-electron chi connectivity index (χ2n) is 3.93. The summed E-state index contributed by atoms with van der Waals surface area (Å²) < 4.78 is 16.4. The van der Waals surface area contributed by atoms with Crippen LogP contribution in [0.5, 0.6) is 11.5 Å². The number of hydrogen-bond acceptors (Lipinski definition) is 3. The molecule has 0 saturated heterocycles. The monoisotopic (exact) mass is 316 g/mol. The van der Waals surface area contributed by atoms with E-state index in [1.54, 1.807) is 7.11 Å². The second-order valence-corrected chi connectivity index (χ2v) is 4.49.